The largest absolute Gasteiger partial charge is 0.419 e. The number of nitrogens with two attached hydrogens (primary N) is 2. The highest BCUT2D eigenvalue weighted by atomic mass is 19.4. The molecule has 0 saturated heterocycles. The van der Waals surface area contributed by atoms with Gasteiger partial charge in [0.2, 0.25) is 5.91 Å². The van der Waals surface area contributed by atoms with Gasteiger partial charge in [0.1, 0.15) is 5.82 Å². The maximum atomic E-state index is 13.5. The first-order valence-electron chi connectivity index (χ1n) is 9.81. The van der Waals surface area contributed by atoms with Crippen molar-refractivity contribution in [2.24, 2.45) is 11.5 Å². The minimum absolute atomic E-state index is 0. The predicted octanol–water partition coefficient (Wildman–Crippen LogP) is 3.99. The molecule has 0 aliphatic rings. The quantitative estimate of drug-likeness (QED) is 0.549. The third kappa shape index (κ3) is 6.62. The summed E-state index contributed by atoms with van der Waals surface area (Å²) in [5, 5.41) is 0. The van der Waals surface area contributed by atoms with Gasteiger partial charge >= 0.3 is 6.18 Å². The molecule has 1 aromatic heterocycles. The Bertz CT molecular complexity index is 1050. The van der Waals surface area contributed by atoms with Crippen LogP contribution in [0.25, 0.3) is 0 Å². The topological polar surface area (TPSA) is 94.9 Å². The zero-order valence-electron chi connectivity index (χ0n) is 16.8. The number of amides is 1. The molecule has 0 saturated carbocycles. The van der Waals surface area contributed by atoms with E-state index in [4.69, 9.17) is 11.5 Å². The van der Waals surface area contributed by atoms with Gasteiger partial charge < -0.3 is 11.5 Å². The Kier molecular flexibility index (Phi) is 8.48. The summed E-state index contributed by atoms with van der Waals surface area (Å²) in [6, 6.07) is 14.5. The molecule has 0 aliphatic heterocycles. The van der Waals surface area contributed by atoms with Gasteiger partial charge in [0.05, 0.1) is 17.7 Å². The number of primary amides is 1. The Balaban J connectivity index is 0.00000363. The van der Waals surface area contributed by atoms with Crippen LogP contribution in [-0.2, 0) is 43.2 Å². The maximum absolute atomic E-state index is 13.5. The molecular weight excluding hydrogens is 417 g/mol. The predicted molar refractivity (Wildman–Crippen MR) is 118 cm³/mol. The van der Waals surface area contributed by atoms with Crippen LogP contribution in [0.5, 0.6) is 0 Å². The second kappa shape index (κ2) is 10.9. The van der Waals surface area contributed by atoms with Gasteiger partial charge in [-0.05, 0) is 35.1 Å². The summed E-state index contributed by atoms with van der Waals surface area (Å²) in [6.45, 7) is 0.415. The van der Waals surface area contributed by atoms with Crippen molar-refractivity contribution in [1.82, 2.24) is 9.97 Å². The van der Waals surface area contributed by atoms with Crippen LogP contribution in [0.15, 0.2) is 54.7 Å². The van der Waals surface area contributed by atoms with Crippen LogP contribution >= 0.6 is 0 Å². The van der Waals surface area contributed by atoms with E-state index in [9.17, 15) is 18.0 Å². The van der Waals surface area contributed by atoms with E-state index in [2.05, 4.69) is 9.97 Å². The maximum Gasteiger partial charge on any atom is 0.419 e. The number of aromatic nitrogens is 2. The van der Waals surface area contributed by atoms with Crippen LogP contribution in [0, 0.1) is 0 Å². The average molecular weight is 445 g/mol. The van der Waals surface area contributed by atoms with Crippen molar-refractivity contribution in [3.8, 4) is 0 Å². The lowest BCUT2D eigenvalue weighted by Crippen LogP contribution is -2.16. The molecule has 0 atom stereocenters. The lowest BCUT2D eigenvalue weighted by molar-refractivity contribution is -0.138. The van der Waals surface area contributed by atoms with E-state index in [0.717, 1.165) is 22.9 Å². The normalized spacial score (nSPS) is 11.1. The first-order valence-corrected chi connectivity index (χ1v) is 9.81. The number of alkyl halides is 3. The number of aryl methyl sites for hydroxylation is 2. The first-order chi connectivity index (χ1) is 14.8. The molecule has 0 unspecified atom stereocenters. The van der Waals surface area contributed by atoms with Crippen molar-refractivity contribution in [3.05, 3.63) is 94.1 Å². The van der Waals surface area contributed by atoms with Gasteiger partial charge in [-0.15, -0.1) is 0 Å². The van der Waals surface area contributed by atoms with Crippen LogP contribution < -0.4 is 11.5 Å². The zero-order chi connectivity index (χ0) is 22.4. The van der Waals surface area contributed by atoms with E-state index in [1.807, 2.05) is 24.3 Å². The van der Waals surface area contributed by atoms with Gasteiger partial charge in [0, 0.05) is 19.2 Å². The number of halogens is 3. The summed E-state index contributed by atoms with van der Waals surface area (Å²) >= 11 is 0. The van der Waals surface area contributed by atoms with Crippen LogP contribution in [0.1, 0.15) is 46.8 Å². The molecule has 1 heterocycles. The van der Waals surface area contributed by atoms with Crippen molar-refractivity contribution in [2.45, 2.75) is 45.8 Å². The fourth-order valence-electron chi connectivity index (χ4n) is 3.36. The molecule has 0 radical (unpaired) electrons. The van der Waals surface area contributed by atoms with E-state index in [1.54, 1.807) is 24.3 Å². The van der Waals surface area contributed by atoms with Crippen LogP contribution in [0.3, 0.4) is 0 Å². The smallest absolute Gasteiger partial charge is 0.369 e. The third-order valence-electron chi connectivity index (χ3n) is 4.96. The van der Waals surface area contributed by atoms with Crippen molar-refractivity contribution in [2.75, 3.05) is 0 Å². The van der Waals surface area contributed by atoms with Gasteiger partial charge in [-0.2, -0.15) is 13.2 Å². The molecule has 8 heteroatoms. The van der Waals surface area contributed by atoms with Gasteiger partial charge in [-0.25, -0.2) is 9.97 Å². The molecule has 5 nitrogen and oxygen atoms in total. The lowest BCUT2D eigenvalue weighted by atomic mass is 9.98. The lowest BCUT2D eigenvalue weighted by Gasteiger charge is -2.14. The number of carbonyl (C=O) groups is 1. The molecule has 3 aromatic rings. The van der Waals surface area contributed by atoms with Gasteiger partial charge in [-0.1, -0.05) is 56.0 Å². The second-order valence-electron chi connectivity index (χ2n) is 7.25. The van der Waals surface area contributed by atoms with Gasteiger partial charge in [0.15, 0.2) is 0 Å². The molecule has 4 N–H and O–H groups in total. The first kappa shape index (κ1) is 25.0. The molecule has 2 aromatic carbocycles. The molecule has 32 heavy (non-hydrogen) atoms. The molecular formula is C24H27F3N4O. The Labute approximate surface area is 185 Å². The Morgan fingerprint density at radius 2 is 1.56 bits per heavy atom. The fraction of sp³-hybridized carbons (Fsp3) is 0.292. The number of carbonyl (C=O) groups excluding carboxylic acids is 1. The van der Waals surface area contributed by atoms with Crippen LogP contribution in [-0.4, -0.2) is 15.9 Å². The standard InChI is InChI=1S/C23H23F3N4O.CH4/c24-23(25,26)19-14-29-22(11-15-5-7-16(13-27)8-6-15)30-20(19)10-9-17-3-1-2-4-18(17)12-21(28)31;/h1-8,14H,9-13,27H2,(H2,28,31);1H4. The summed E-state index contributed by atoms with van der Waals surface area (Å²) in [5.74, 6) is -0.178. The number of benzene rings is 2. The van der Waals surface area contributed by atoms with Crippen molar-refractivity contribution < 1.29 is 18.0 Å². The van der Waals surface area contributed by atoms with E-state index in [0.29, 0.717) is 30.8 Å². The van der Waals surface area contributed by atoms with E-state index >= 15 is 0 Å². The number of nitrogens with zero attached hydrogens (tertiary/aromatic N) is 2. The van der Waals surface area contributed by atoms with Crippen molar-refractivity contribution in [1.29, 1.82) is 0 Å². The van der Waals surface area contributed by atoms with E-state index in [1.165, 1.54) is 0 Å². The summed E-state index contributed by atoms with van der Waals surface area (Å²) in [4.78, 5) is 19.5. The number of hydrogen-bond acceptors (Lipinski definition) is 4. The summed E-state index contributed by atoms with van der Waals surface area (Å²) < 4.78 is 40.5. The Morgan fingerprint density at radius 1 is 0.938 bits per heavy atom. The van der Waals surface area contributed by atoms with E-state index in [-0.39, 0.29) is 26.0 Å². The highest BCUT2D eigenvalue weighted by Gasteiger charge is 2.34. The van der Waals surface area contributed by atoms with Gasteiger partial charge in [-0.3, -0.25) is 4.79 Å². The number of hydrogen-bond donors (Lipinski definition) is 2. The van der Waals surface area contributed by atoms with Crippen molar-refractivity contribution in [3.63, 3.8) is 0 Å². The van der Waals surface area contributed by atoms with E-state index < -0.39 is 17.6 Å². The SMILES string of the molecule is C.NCc1ccc(Cc2ncc(C(F)(F)F)c(CCc3ccccc3CC(N)=O)n2)cc1. The number of rotatable bonds is 8. The highest BCUT2D eigenvalue weighted by Crippen LogP contribution is 2.31. The minimum atomic E-state index is -4.55. The molecule has 3 rings (SSSR count). The monoisotopic (exact) mass is 444 g/mol. The highest BCUT2D eigenvalue weighted by molar-refractivity contribution is 5.77. The summed E-state index contributed by atoms with van der Waals surface area (Å²) in [6.07, 6.45) is -2.99. The Hall–Kier alpha value is -3.26. The van der Waals surface area contributed by atoms with Crippen LogP contribution in [0.4, 0.5) is 13.2 Å². The third-order valence-corrected chi connectivity index (χ3v) is 4.96. The van der Waals surface area contributed by atoms with Crippen molar-refractivity contribution >= 4 is 5.91 Å². The Morgan fingerprint density at radius 3 is 2.16 bits per heavy atom. The molecule has 0 fully saturated rings. The average Bonchev–Trinajstić information content (AvgIpc) is 2.72. The van der Waals surface area contributed by atoms with Crippen LogP contribution in [0.2, 0.25) is 0 Å². The fourth-order valence-corrected chi connectivity index (χ4v) is 3.36. The zero-order valence-corrected chi connectivity index (χ0v) is 16.8. The molecule has 1 amide bonds. The minimum Gasteiger partial charge on any atom is -0.369 e. The summed E-state index contributed by atoms with van der Waals surface area (Å²) in [7, 11) is 0. The molecule has 0 aliphatic carbocycles. The molecule has 170 valence electrons. The summed E-state index contributed by atoms with van der Waals surface area (Å²) in [5.41, 5.74) is 13.3. The molecule has 0 spiro atoms. The second-order valence-corrected chi connectivity index (χ2v) is 7.25. The van der Waals surface area contributed by atoms with Gasteiger partial charge in [0.25, 0.3) is 0 Å². The molecule has 0 bridgehead atoms.